The topological polar surface area (TPSA) is 82.6 Å². The van der Waals surface area contributed by atoms with Crippen molar-refractivity contribution >= 4 is 34.6 Å². The molecule has 7 nitrogen and oxygen atoms in total. The van der Waals surface area contributed by atoms with Gasteiger partial charge in [0.15, 0.2) is 8.32 Å². The van der Waals surface area contributed by atoms with Crippen molar-refractivity contribution in [3.8, 4) is 0 Å². The van der Waals surface area contributed by atoms with Crippen LogP contribution >= 0.6 is 26.2 Å². The zero-order valence-electron chi connectivity index (χ0n) is 21.2. The molecule has 0 aromatic carbocycles. The Bertz CT molecular complexity index is 917. The lowest BCUT2D eigenvalue weighted by atomic mass is 10.2. The summed E-state index contributed by atoms with van der Waals surface area (Å²) in [6.45, 7) is 18.0. The van der Waals surface area contributed by atoms with Crippen molar-refractivity contribution in [3.05, 3.63) is 32.6 Å². The maximum atomic E-state index is 12.6. The monoisotopic (exact) mass is 552 g/mol. The number of alkyl halides is 1. The van der Waals surface area contributed by atoms with Crippen molar-refractivity contribution in [3.63, 3.8) is 0 Å². The first kappa shape index (κ1) is 27.8. The minimum atomic E-state index is -2.08. The van der Waals surface area contributed by atoms with Crippen molar-refractivity contribution in [1.29, 1.82) is 0 Å². The number of aromatic amines is 1. The third-order valence-corrected chi connectivity index (χ3v) is 15.7. The van der Waals surface area contributed by atoms with E-state index < -0.39 is 30.5 Å². The van der Waals surface area contributed by atoms with Gasteiger partial charge in [0.25, 0.3) is 5.56 Å². The molecule has 1 saturated heterocycles. The highest BCUT2D eigenvalue weighted by Gasteiger charge is 2.46. The highest BCUT2D eigenvalue weighted by atomic mass is 79.9. The van der Waals surface area contributed by atoms with E-state index in [4.69, 9.17) is 13.3 Å². The number of ether oxygens (including phenoxy) is 1. The van der Waals surface area contributed by atoms with E-state index in [2.05, 4.69) is 88.1 Å². The molecule has 0 spiro atoms. The second-order valence-corrected chi connectivity index (χ2v) is 20.6. The van der Waals surface area contributed by atoms with Crippen molar-refractivity contribution in [2.45, 2.75) is 94.6 Å². The number of nitrogens with one attached hydrogen (secondary N) is 1. The van der Waals surface area contributed by atoms with Crippen LogP contribution < -0.4 is 11.2 Å². The van der Waals surface area contributed by atoms with Gasteiger partial charge < -0.3 is 13.3 Å². The molecule has 1 aromatic rings. The quantitative estimate of drug-likeness (QED) is 0.384. The second-order valence-electron chi connectivity index (χ2n) is 11.4. The Morgan fingerprint density at radius 3 is 2.31 bits per heavy atom. The molecule has 0 saturated carbocycles. The third-order valence-electron chi connectivity index (χ3n) is 6.93. The number of hydrogen-bond acceptors (Lipinski definition) is 5. The molecule has 1 fully saturated rings. The summed E-state index contributed by atoms with van der Waals surface area (Å²) in [5, 5.41) is 0.402. The molecule has 2 heterocycles. The first-order valence-electron chi connectivity index (χ1n) is 11.0. The van der Waals surface area contributed by atoms with E-state index in [-0.39, 0.29) is 27.6 Å². The van der Waals surface area contributed by atoms with Gasteiger partial charge in [0, 0.05) is 28.3 Å². The Hall–Kier alpha value is -0.393. The van der Waals surface area contributed by atoms with Crippen LogP contribution in [0.5, 0.6) is 0 Å². The number of H-pyrrole nitrogens is 1. The fourth-order valence-corrected chi connectivity index (χ4v) is 5.54. The lowest BCUT2D eigenvalue weighted by Crippen LogP contribution is -2.46. The van der Waals surface area contributed by atoms with Crippen LogP contribution in [-0.2, 0) is 18.7 Å². The van der Waals surface area contributed by atoms with E-state index in [0.717, 1.165) is 0 Å². The van der Waals surface area contributed by atoms with E-state index >= 15 is 0 Å². The Kier molecular flexibility index (Phi) is 8.44. The average Bonchev–Trinajstić information content (AvgIpc) is 3.00. The van der Waals surface area contributed by atoms with Crippen LogP contribution in [0.3, 0.4) is 0 Å². The van der Waals surface area contributed by atoms with Crippen LogP contribution in [-0.4, -0.2) is 53.9 Å². The summed E-state index contributed by atoms with van der Waals surface area (Å²) in [5.41, 5.74) is -0.378. The third kappa shape index (κ3) is 6.18. The molecule has 1 aromatic heterocycles. The Morgan fingerprint density at radius 1 is 1.22 bits per heavy atom. The number of nitrogens with zero attached hydrogens (tertiary/aromatic N) is 1. The molecule has 32 heavy (non-hydrogen) atoms. The van der Waals surface area contributed by atoms with Gasteiger partial charge in [0.05, 0.1) is 12.7 Å². The van der Waals surface area contributed by atoms with E-state index in [0.29, 0.717) is 23.9 Å². The summed E-state index contributed by atoms with van der Waals surface area (Å²) in [4.78, 5) is 26.9. The molecule has 1 aliphatic rings. The van der Waals surface area contributed by atoms with Crippen molar-refractivity contribution in [1.82, 2.24) is 9.55 Å². The van der Waals surface area contributed by atoms with Gasteiger partial charge in [0.2, 0.25) is 0 Å². The predicted octanol–water partition coefficient (Wildman–Crippen LogP) is 4.90. The zero-order valence-corrected chi connectivity index (χ0v) is 24.6. The molecule has 1 N–H and O–H groups in total. The summed E-state index contributed by atoms with van der Waals surface area (Å²) in [6.07, 6.45) is 5.43. The van der Waals surface area contributed by atoms with Crippen LogP contribution in [0, 0.1) is 0 Å². The Balaban J connectivity index is 2.35. The first-order valence-corrected chi connectivity index (χ1v) is 17.4. The van der Waals surface area contributed by atoms with Crippen molar-refractivity contribution in [2.24, 2.45) is 0 Å². The smallest absolute Gasteiger partial charge is 0.330 e. The lowest BCUT2D eigenvalue weighted by Gasteiger charge is -2.45. The Labute approximate surface area is 203 Å². The molecule has 3 atom stereocenters. The molecule has 0 aliphatic carbocycles. The number of halogens is 1. The van der Waals surface area contributed by atoms with Crippen molar-refractivity contribution < 1.29 is 13.3 Å². The SMILES string of the molecule is CC(C)(C)[Si](C)(C)OC1C[C@H](n2cc(CBr)c(=O)[nH]c2=O)O[C@@H]1COS(C)(C)C(C)(C)C. The standard InChI is InChI=1S/C22H41BrN2O5SSi/c1-21(2,3)31(7,8)28-14-17-16(30-32(9,10)22(4,5)6)11-18(29-17)25-13-15(12-23)19(26)24-20(25)27/h13,16-18H,11-12,14H2,1-10H3,(H,24,26,27)/t16?,17-,18-/m1/s1. The summed E-state index contributed by atoms with van der Waals surface area (Å²) in [6, 6.07) is 0. The molecule has 0 amide bonds. The first-order chi connectivity index (χ1) is 14.4. The number of aromatic nitrogens is 2. The van der Waals surface area contributed by atoms with E-state index in [1.54, 1.807) is 6.20 Å². The van der Waals surface area contributed by atoms with Gasteiger partial charge in [-0.3, -0.25) is 14.3 Å². The minimum Gasteiger partial charge on any atom is -0.411 e. The molecular weight excluding hydrogens is 512 g/mol. The summed E-state index contributed by atoms with van der Waals surface area (Å²) >= 11 is 3.31. The Morgan fingerprint density at radius 2 is 1.81 bits per heavy atom. The zero-order chi connectivity index (χ0) is 24.7. The maximum Gasteiger partial charge on any atom is 0.330 e. The van der Waals surface area contributed by atoms with Crippen LogP contribution in [0.15, 0.2) is 15.8 Å². The number of hydrogen-bond donors (Lipinski definition) is 1. The predicted molar refractivity (Wildman–Crippen MR) is 140 cm³/mol. The minimum absolute atomic E-state index is 0.0292. The highest BCUT2D eigenvalue weighted by molar-refractivity contribution is 9.08. The van der Waals surface area contributed by atoms with Gasteiger partial charge in [-0.1, -0.05) is 57.5 Å². The van der Waals surface area contributed by atoms with Crippen LogP contribution in [0.25, 0.3) is 0 Å². The fraction of sp³-hybridized carbons (Fsp3) is 0.818. The lowest BCUT2D eigenvalue weighted by molar-refractivity contribution is -0.0371. The van der Waals surface area contributed by atoms with Gasteiger partial charge in [-0.15, -0.1) is 10.3 Å². The van der Waals surface area contributed by atoms with Crippen LogP contribution in [0.2, 0.25) is 18.1 Å². The summed E-state index contributed by atoms with van der Waals surface area (Å²) in [7, 11) is -3.41. The summed E-state index contributed by atoms with van der Waals surface area (Å²) in [5.74, 6) is 0. The number of rotatable bonds is 7. The van der Waals surface area contributed by atoms with E-state index in [1.807, 2.05) is 0 Å². The van der Waals surface area contributed by atoms with Gasteiger partial charge in [-0.25, -0.2) is 4.79 Å². The molecule has 10 heteroatoms. The van der Waals surface area contributed by atoms with Gasteiger partial charge in [-0.05, 0) is 30.6 Å². The van der Waals surface area contributed by atoms with Gasteiger partial charge in [-0.2, -0.15) is 0 Å². The van der Waals surface area contributed by atoms with E-state index in [9.17, 15) is 9.59 Å². The molecular formula is C22H41BrN2O5SSi. The molecule has 1 unspecified atom stereocenters. The highest BCUT2D eigenvalue weighted by Crippen LogP contribution is 2.54. The van der Waals surface area contributed by atoms with Gasteiger partial charge >= 0.3 is 5.69 Å². The molecule has 186 valence electrons. The maximum absolute atomic E-state index is 12.6. The molecule has 1 aliphatic heterocycles. The normalized spacial score (nSPS) is 23.5. The largest absolute Gasteiger partial charge is 0.411 e. The van der Waals surface area contributed by atoms with Gasteiger partial charge in [0.1, 0.15) is 12.3 Å². The fourth-order valence-electron chi connectivity index (χ4n) is 2.95. The second kappa shape index (κ2) is 9.69. The summed E-state index contributed by atoms with van der Waals surface area (Å²) < 4.78 is 21.0. The van der Waals surface area contributed by atoms with Crippen molar-refractivity contribution in [2.75, 3.05) is 19.1 Å². The van der Waals surface area contributed by atoms with Crippen LogP contribution in [0.1, 0.15) is 59.8 Å². The molecule has 0 radical (unpaired) electrons. The average molecular weight is 554 g/mol. The van der Waals surface area contributed by atoms with Crippen LogP contribution in [0.4, 0.5) is 0 Å². The molecule has 2 rings (SSSR count). The molecule has 0 bridgehead atoms. The van der Waals surface area contributed by atoms with E-state index in [1.165, 1.54) is 4.57 Å².